The Hall–Kier alpha value is -2.11. The van der Waals surface area contributed by atoms with E-state index in [9.17, 15) is 5.11 Å². The first-order chi connectivity index (χ1) is 16.2. The van der Waals surface area contributed by atoms with Gasteiger partial charge in [-0.05, 0) is 91.3 Å². The smallest absolute Gasteiger partial charge is 0.0821 e. The SMILES string of the molecule is CCCCCC(O)c1ccc(C2=CCC[C@@H]2CCCc2ccc(C3=NN=NCCC3)s2)cc1. The zero-order valence-electron chi connectivity index (χ0n) is 19.9. The van der Waals surface area contributed by atoms with Crippen LogP contribution in [0, 0.1) is 5.92 Å². The summed E-state index contributed by atoms with van der Waals surface area (Å²) in [4.78, 5) is 2.70. The third-order valence-electron chi connectivity index (χ3n) is 6.85. The standard InChI is InChI=1S/C28H37N3OS/c1-2-3-4-13-27(32)23-16-14-22(15-17-23)25-11-6-9-21(25)8-5-10-24-18-19-28(33-24)26-12-7-20-29-31-30-26/h11,14-19,21,27,32H,2-10,12-13,20H2,1H3/t21-,27?/m0/s1. The molecule has 176 valence electrons. The van der Waals surface area contributed by atoms with E-state index in [0.29, 0.717) is 5.92 Å². The first-order valence-electron chi connectivity index (χ1n) is 12.8. The normalized spacial score (nSPS) is 19.3. The number of allylic oxidation sites excluding steroid dienone is 2. The van der Waals surface area contributed by atoms with Gasteiger partial charge in [0.25, 0.3) is 0 Å². The molecule has 2 aliphatic rings. The van der Waals surface area contributed by atoms with Crippen molar-refractivity contribution in [3.8, 4) is 0 Å². The molecule has 1 aliphatic heterocycles. The number of benzene rings is 1. The Labute approximate surface area is 202 Å². The summed E-state index contributed by atoms with van der Waals surface area (Å²) in [7, 11) is 0. The summed E-state index contributed by atoms with van der Waals surface area (Å²) in [6, 6.07) is 13.2. The molecule has 0 bridgehead atoms. The largest absolute Gasteiger partial charge is 0.388 e. The minimum Gasteiger partial charge on any atom is -0.388 e. The fourth-order valence-corrected chi connectivity index (χ4v) is 5.99. The molecule has 5 heteroatoms. The van der Waals surface area contributed by atoms with Gasteiger partial charge in [-0.25, -0.2) is 0 Å². The first-order valence-corrected chi connectivity index (χ1v) is 13.6. The number of thiophene rings is 1. The van der Waals surface area contributed by atoms with E-state index in [-0.39, 0.29) is 6.10 Å². The van der Waals surface area contributed by atoms with E-state index in [1.165, 1.54) is 59.4 Å². The second-order valence-corrected chi connectivity index (χ2v) is 10.5. The number of aliphatic hydroxyl groups excluding tert-OH is 1. The molecule has 4 rings (SSSR count). The number of unbranched alkanes of at least 4 members (excludes halogenated alkanes) is 2. The van der Waals surface area contributed by atoms with Crippen molar-refractivity contribution >= 4 is 22.6 Å². The van der Waals surface area contributed by atoms with Crippen LogP contribution in [0.15, 0.2) is 57.9 Å². The van der Waals surface area contributed by atoms with Gasteiger partial charge in [-0.2, -0.15) is 5.11 Å². The van der Waals surface area contributed by atoms with Gasteiger partial charge in [-0.15, -0.1) is 16.4 Å². The first kappa shape index (κ1) is 24.0. The monoisotopic (exact) mass is 463 g/mol. The predicted molar refractivity (Wildman–Crippen MR) is 139 cm³/mol. The van der Waals surface area contributed by atoms with Crippen LogP contribution in [0.4, 0.5) is 0 Å². The summed E-state index contributed by atoms with van der Waals surface area (Å²) in [5.74, 6) is 0.649. The molecule has 1 aromatic heterocycles. The lowest BCUT2D eigenvalue weighted by atomic mass is 9.89. The molecule has 1 aliphatic carbocycles. The number of rotatable bonds is 11. The lowest BCUT2D eigenvalue weighted by Gasteiger charge is -2.16. The van der Waals surface area contributed by atoms with Crippen molar-refractivity contribution in [2.24, 2.45) is 21.4 Å². The van der Waals surface area contributed by atoms with Gasteiger partial charge in [0, 0.05) is 4.88 Å². The third-order valence-corrected chi connectivity index (χ3v) is 8.05. The number of aliphatic hydroxyl groups is 1. The van der Waals surface area contributed by atoms with Crippen LogP contribution in [-0.4, -0.2) is 17.4 Å². The topological polar surface area (TPSA) is 57.3 Å². The molecule has 2 aromatic rings. The molecule has 0 spiro atoms. The van der Waals surface area contributed by atoms with Crippen molar-refractivity contribution in [1.82, 2.24) is 0 Å². The van der Waals surface area contributed by atoms with Crippen molar-refractivity contribution in [1.29, 1.82) is 0 Å². The summed E-state index contributed by atoms with van der Waals surface area (Å²) in [5.41, 5.74) is 4.98. The zero-order chi connectivity index (χ0) is 22.9. The number of hydrogen-bond donors (Lipinski definition) is 1. The highest BCUT2D eigenvalue weighted by molar-refractivity contribution is 7.14. The molecule has 1 unspecified atom stereocenters. The summed E-state index contributed by atoms with van der Waals surface area (Å²) in [6.45, 7) is 2.98. The molecule has 0 saturated heterocycles. The Bertz CT molecular complexity index is 973. The average molecular weight is 464 g/mol. The quantitative estimate of drug-likeness (QED) is 0.336. The average Bonchev–Trinajstić information content (AvgIpc) is 3.42. The minimum absolute atomic E-state index is 0.332. The highest BCUT2D eigenvalue weighted by Gasteiger charge is 2.21. The highest BCUT2D eigenvalue weighted by atomic mass is 32.1. The summed E-state index contributed by atoms with van der Waals surface area (Å²) in [5, 5.41) is 22.7. The molecule has 0 radical (unpaired) electrons. The molecule has 4 nitrogen and oxygen atoms in total. The maximum Gasteiger partial charge on any atom is 0.0821 e. The summed E-state index contributed by atoms with van der Waals surface area (Å²) < 4.78 is 0. The van der Waals surface area contributed by atoms with Crippen molar-refractivity contribution in [3.05, 3.63) is 63.4 Å². The van der Waals surface area contributed by atoms with Crippen LogP contribution in [0.3, 0.4) is 0 Å². The molecule has 0 saturated carbocycles. The second kappa shape index (κ2) is 12.4. The van der Waals surface area contributed by atoms with Gasteiger partial charge in [0.05, 0.1) is 23.2 Å². The van der Waals surface area contributed by atoms with Crippen molar-refractivity contribution in [2.75, 3.05) is 6.54 Å². The van der Waals surface area contributed by atoms with Crippen LogP contribution < -0.4 is 0 Å². The Morgan fingerprint density at radius 2 is 1.97 bits per heavy atom. The molecular formula is C28H37N3OS. The van der Waals surface area contributed by atoms with Crippen LogP contribution in [0.1, 0.15) is 98.1 Å². The van der Waals surface area contributed by atoms with E-state index < -0.39 is 0 Å². The Kier molecular flexibility index (Phi) is 9.01. The van der Waals surface area contributed by atoms with Crippen LogP contribution in [0.25, 0.3) is 5.57 Å². The molecular weight excluding hydrogens is 426 g/mol. The van der Waals surface area contributed by atoms with E-state index in [4.69, 9.17) is 0 Å². The Balaban J connectivity index is 1.28. The predicted octanol–water partition coefficient (Wildman–Crippen LogP) is 8.13. The van der Waals surface area contributed by atoms with E-state index in [1.807, 2.05) is 11.3 Å². The molecule has 0 fully saturated rings. The van der Waals surface area contributed by atoms with Crippen LogP contribution >= 0.6 is 11.3 Å². The third kappa shape index (κ3) is 6.70. The van der Waals surface area contributed by atoms with Gasteiger partial charge in [0.1, 0.15) is 0 Å². The van der Waals surface area contributed by atoms with Gasteiger partial charge in [-0.1, -0.05) is 56.5 Å². The lowest BCUT2D eigenvalue weighted by Crippen LogP contribution is -2.01. The second-order valence-electron chi connectivity index (χ2n) is 9.33. The maximum absolute atomic E-state index is 10.4. The van der Waals surface area contributed by atoms with Crippen molar-refractivity contribution in [3.63, 3.8) is 0 Å². The lowest BCUT2D eigenvalue weighted by molar-refractivity contribution is 0.163. The molecule has 2 heterocycles. The van der Waals surface area contributed by atoms with Crippen molar-refractivity contribution < 1.29 is 5.11 Å². The molecule has 33 heavy (non-hydrogen) atoms. The molecule has 0 amide bonds. The maximum atomic E-state index is 10.4. The van der Waals surface area contributed by atoms with E-state index >= 15 is 0 Å². The highest BCUT2D eigenvalue weighted by Crippen LogP contribution is 2.38. The van der Waals surface area contributed by atoms with Crippen LogP contribution in [0.2, 0.25) is 0 Å². The molecule has 1 N–H and O–H groups in total. The minimum atomic E-state index is -0.332. The van der Waals surface area contributed by atoms with Crippen LogP contribution in [0.5, 0.6) is 0 Å². The van der Waals surface area contributed by atoms with Gasteiger partial charge in [0.15, 0.2) is 0 Å². The van der Waals surface area contributed by atoms with E-state index in [2.05, 4.69) is 64.8 Å². The Morgan fingerprint density at radius 3 is 2.82 bits per heavy atom. The molecule has 2 atom stereocenters. The fourth-order valence-electron chi connectivity index (χ4n) is 4.93. The van der Waals surface area contributed by atoms with E-state index in [0.717, 1.165) is 49.9 Å². The number of nitrogens with zero attached hydrogens (tertiary/aromatic N) is 3. The van der Waals surface area contributed by atoms with Crippen molar-refractivity contribution in [2.45, 2.75) is 83.7 Å². The van der Waals surface area contributed by atoms with Gasteiger partial charge in [0.2, 0.25) is 0 Å². The zero-order valence-corrected chi connectivity index (χ0v) is 20.7. The number of hydrogen-bond acceptors (Lipinski definition) is 5. The molecule has 1 aromatic carbocycles. The number of aryl methyl sites for hydroxylation is 1. The summed E-state index contributed by atoms with van der Waals surface area (Å²) in [6.07, 6.45) is 14.5. The Morgan fingerprint density at radius 1 is 1.09 bits per heavy atom. The van der Waals surface area contributed by atoms with E-state index in [1.54, 1.807) is 0 Å². The van der Waals surface area contributed by atoms with Gasteiger partial charge >= 0.3 is 0 Å². The van der Waals surface area contributed by atoms with Crippen LogP contribution in [-0.2, 0) is 6.42 Å². The van der Waals surface area contributed by atoms with Gasteiger partial charge in [-0.3, -0.25) is 0 Å². The fraction of sp³-hybridized carbons (Fsp3) is 0.536. The summed E-state index contributed by atoms with van der Waals surface area (Å²) >= 11 is 1.87. The van der Waals surface area contributed by atoms with Gasteiger partial charge < -0.3 is 5.11 Å².